The molecule has 0 saturated heterocycles. The van der Waals surface area contributed by atoms with Gasteiger partial charge >= 0.3 is 0 Å². The molecule has 1 unspecified atom stereocenters. The minimum atomic E-state index is -0.112. The highest BCUT2D eigenvalue weighted by Crippen LogP contribution is 2.30. The van der Waals surface area contributed by atoms with Gasteiger partial charge < -0.3 is 4.74 Å². The molecule has 1 atom stereocenters. The molecule has 0 spiro atoms. The number of aromatic nitrogens is 2. The number of aryl methyl sites for hydroxylation is 2. The first-order chi connectivity index (χ1) is 8.65. The highest BCUT2D eigenvalue weighted by molar-refractivity contribution is 7.11. The summed E-state index contributed by atoms with van der Waals surface area (Å²) in [4.78, 5) is 9.67. The van der Waals surface area contributed by atoms with E-state index in [1.807, 2.05) is 19.9 Å². The Kier molecular flexibility index (Phi) is 3.90. The number of thiazole rings is 1. The van der Waals surface area contributed by atoms with E-state index >= 15 is 0 Å². The van der Waals surface area contributed by atoms with Crippen molar-refractivity contribution in [3.8, 4) is 5.75 Å². The molecule has 0 bridgehead atoms. The van der Waals surface area contributed by atoms with Crippen LogP contribution in [0.2, 0.25) is 0 Å². The molecule has 0 aliphatic heterocycles. The van der Waals surface area contributed by atoms with E-state index in [1.54, 1.807) is 30.8 Å². The van der Waals surface area contributed by atoms with Crippen LogP contribution in [0.1, 0.15) is 27.2 Å². The van der Waals surface area contributed by atoms with Gasteiger partial charge in [0.05, 0.1) is 34.9 Å². The first-order valence-corrected chi connectivity index (χ1v) is 6.36. The predicted molar refractivity (Wildman–Crippen MR) is 71.5 cm³/mol. The molecule has 0 aromatic carbocycles. The van der Waals surface area contributed by atoms with Gasteiger partial charge in [-0.3, -0.25) is 10.8 Å². The third kappa shape index (κ3) is 2.50. The quantitative estimate of drug-likeness (QED) is 0.649. The molecule has 2 aromatic rings. The number of pyridine rings is 1. The number of nitrogens with zero attached hydrogens (tertiary/aromatic N) is 2. The number of methoxy groups -OCH3 is 1. The number of nitrogens with two attached hydrogens (primary N) is 1. The number of hydrogen-bond acceptors (Lipinski definition) is 6. The number of hydrazine groups is 1. The molecule has 18 heavy (non-hydrogen) atoms. The maximum Gasteiger partial charge on any atom is 0.137 e. The van der Waals surface area contributed by atoms with Crippen molar-refractivity contribution >= 4 is 11.3 Å². The summed E-state index contributed by atoms with van der Waals surface area (Å²) < 4.78 is 5.18. The van der Waals surface area contributed by atoms with Crippen LogP contribution in [0.4, 0.5) is 0 Å². The first kappa shape index (κ1) is 12.9. The van der Waals surface area contributed by atoms with Gasteiger partial charge in [-0.2, -0.15) is 0 Å². The summed E-state index contributed by atoms with van der Waals surface area (Å²) in [6, 6.07) is 1.81. The molecule has 2 heterocycles. The highest BCUT2D eigenvalue weighted by atomic mass is 32.1. The van der Waals surface area contributed by atoms with Crippen molar-refractivity contribution in [2.45, 2.75) is 19.9 Å². The molecule has 2 aromatic heterocycles. The summed E-state index contributed by atoms with van der Waals surface area (Å²) in [6.45, 7) is 3.97. The van der Waals surface area contributed by atoms with Gasteiger partial charge in [0.2, 0.25) is 0 Å². The third-order valence-electron chi connectivity index (χ3n) is 2.67. The average Bonchev–Trinajstić information content (AvgIpc) is 2.70. The normalized spacial score (nSPS) is 12.4. The Bertz CT molecular complexity index is 541. The van der Waals surface area contributed by atoms with Crippen LogP contribution in [0.15, 0.2) is 18.5 Å². The van der Waals surface area contributed by atoms with Gasteiger partial charge in [0.25, 0.3) is 0 Å². The fraction of sp³-hybridized carbons (Fsp3) is 0.333. The molecule has 2 rings (SSSR count). The Morgan fingerprint density at radius 2 is 2.17 bits per heavy atom. The standard InChI is InChI=1S/C12H16N4OS/c1-7-12(18-8(2)15-7)11(16-13)9-4-10(17-3)6-14-5-9/h4-6,11,16H,13H2,1-3H3. The van der Waals surface area contributed by atoms with Gasteiger partial charge in [0.15, 0.2) is 0 Å². The van der Waals surface area contributed by atoms with Gasteiger partial charge in [-0.25, -0.2) is 10.4 Å². The van der Waals surface area contributed by atoms with E-state index in [2.05, 4.69) is 15.4 Å². The van der Waals surface area contributed by atoms with E-state index in [9.17, 15) is 0 Å². The van der Waals surface area contributed by atoms with Gasteiger partial charge in [-0.15, -0.1) is 11.3 Å². The first-order valence-electron chi connectivity index (χ1n) is 5.54. The molecule has 0 amide bonds. The molecule has 3 N–H and O–H groups in total. The zero-order valence-corrected chi connectivity index (χ0v) is 11.4. The lowest BCUT2D eigenvalue weighted by atomic mass is 10.1. The van der Waals surface area contributed by atoms with Crippen molar-refractivity contribution in [1.82, 2.24) is 15.4 Å². The summed E-state index contributed by atoms with van der Waals surface area (Å²) in [5, 5.41) is 1.03. The van der Waals surface area contributed by atoms with Crippen molar-refractivity contribution in [2.24, 2.45) is 5.84 Å². The number of nitrogens with one attached hydrogen (secondary N) is 1. The van der Waals surface area contributed by atoms with E-state index in [4.69, 9.17) is 10.6 Å². The van der Waals surface area contributed by atoms with E-state index in [1.165, 1.54) is 0 Å². The summed E-state index contributed by atoms with van der Waals surface area (Å²) in [6.07, 6.45) is 3.45. The lowest BCUT2D eigenvalue weighted by Gasteiger charge is -2.15. The lowest BCUT2D eigenvalue weighted by Crippen LogP contribution is -2.28. The van der Waals surface area contributed by atoms with Crippen molar-refractivity contribution in [3.05, 3.63) is 39.6 Å². The summed E-state index contributed by atoms with van der Waals surface area (Å²) in [5.41, 5.74) is 4.77. The van der Waals surface area contributed by atoms with Crippen LogP contribution >= 0.6 is 11.3 Å². The molecule has 0 aliphatic rings. The fourth-order valence-electron chi connectivity index (χ4n) is 1.84. The van der Waals surface area contributed by atoms with Crippen LogP contribution in [0.25, 0.3) is 0 Å². The minimum Gasteiger partial charge on any atom is -0.495 e. The Balaban J connectivity index is 2.41. The zero-order chi connectivity index (χ0) is 13.1. The molecule has 0 fully saturated rings. The smallest absolute Gasteiger partial charge is 0.137 e. The molecule has 6 heteroatoms. The summed E-state index contributed by atoms with van der Waals surface area (Å²) in [7, 11) is 1.62. The van der Waals surface area contributed by atoms with Crippen LogP contribution in [0, 0.1) is 13.8 Å². The molecule has 96 valence electrons. The van der Waals surface area contributed by atoms with Gasteiger partial charge in [-0.05, 0) is 25.5 Å². The lowest BCUT2D eigenvalue weighted by molar-refractivity contribution is 0.411. The van der Waals surface area contributed by atoms with Crippen molar-refractivity contribution < 1.29 is 4.74 Å². The monoisotopic (exact) mass is 264 g/mol. The second-order valence-electron chi connectivity index (χ2n) is 3.94. The highest BCUT2D eigenvalue weighted by Gasteiger charge is 2.19. The number of rotatable bonds is 4. The second kappa shape index (κ2) is 5.43. The molecule has 0 aliphatic carbocycles. The molecular weight excluding hydrogens is 248 g/mol. The third-order valence-corrected chi connectivity index (χ3v) is 3.81. The Morgan fingerprint density at radius 3 is 2.72 bits per heavy atom. The minimum absolute atomic E-state index is 0.112. The van der Waals surface area contributed by atoms with Crippen LogP contribution < -0.4 is 16.0 Å². The van der Waals surface area contributed by atoms with Gasteiger partial charge in [0, 0.05) is 6.20 Å². The topological polar surface area (TPSA) is 73.1 Å². The molecule has 0 saturated carbocycles. The van der Waals surface area contributed by atoms with Gasteiger partial charge in [-0.1, -0.05) is 0 Å². The van der Waals surface area contributed by atoms with Crippen LogP contribution in [0.5, 0.6) is 5.75 Å². The van der Waals surface area contributed by atoms with Crippen LogP contribution in [-0.4, -0.2) is 17.1 Å². The Hall–Kier alpha value is -1.50. The van der Waals surface area contributed by atoms with Crippen LogP contribution in [-0.2, 0) is 0 Å². The largest absolute Gasteiger partial charge is 0.495 e. The number of hydrogen-bond donors (Lipinski definition) is 2. The molecular formula is C12H16N4OS. The van der Waals surface area contributed by atoms with Crippen molar-refractivity contribution in [1.29, 1.82) is 0 Å². The fourth-order valence-corrected chi connectivity index (χ4v) is 2.86. The van der Waals surface area contributed by atoms with Crippen molar-refractivity contribution in [3.63, 3.8) is 0 Å². The summed E-state index contributed by atoms with van der Waals surface area (Å²) in [5.74, 6) is 6.38. The Morgan fingerprint density at radius 1 is 1.39 bits per heavy atom. The Labute approximate surface area is 110 Å². The number of ether oxygens (including phenoxy) is 1. The molecule has 5 nitrogen and oxygen atoms in total. The maximum absolute atomic E-state index is 5.67. The van der Waals surface area contributed by atoms with E-state index < -0.39 is 0 Å². The zero-order valence-electron chi connectivity index (χ0n) is 10.6. The van der Waals surface area contributed by atoms with E-state index in [-0.39, 0.29) is 6.04 Å². The van der Waals surface area contributed by atoms with E-state index in [0.29, 0.717) is 5.75 Å². The van der Waals surface area contributed by atoms with E-state index in [0.717, 1.165) is 21.1 Å². The summed E-state index contributed by atoms with van der Waals surface area (Å²) >= 11 is 1.63. The van der Waals surface area contributed by atoms with Crippen molar-refractivity contribution in [2.75, 3.05) is 7.11 Å². The SMILES string of the molecule is COc1cncc(C(NN)c2sc(C)nc2C)c1. The molecule has 0 radical (unpaired) electrons. The van der Waals surface area contributed by atoms with Gasteiger partial charge in [0.1, 0.15) is 5.75 Å². The average molecular weight is 264 g/mol. The predicted octanol–water partition coefficient (Wildman–Crippen LogP) is 1.72. The second-order valence-corrected chi connectivity index (χ2v) is 5.18. The maximum atomic E-state index is 5.67. The van der Waals surface area contributed by atoms with Crippen LogP contribution in [0.3, 0.4) is 0 Å².